The van der Waals surface area contributed by atoms with Crippen LogP contribution in [0.15, 0.2) is 41.4 Å². The van der Waals surface area contributed by atoms with Gasteiger partial charge in [0, 0.05) is 27.2 Å². The number of hydrogen-bond donors (Lipinski definition) is 2. The summed E-state index contributed by atoms with van der Waals surface area (Å²) in [6, 6.07) is 12.1. The Morgan fingerprint density at radius 1 is 0.821 bits per heavy atom. The van der Waals surface area contributed by atoms with Crippen LogP contribution in [0, 0.1) is 0 Å². The van der Waals surface area contributed by atoms with E-state index in [1.54, 1.807) is 35.5 Å². The first-order chi connectivity index (χ1) is 13.6. The van der Waals surface area contributed by atoms with Crippen molar-refractivity contribution < 1.29 is 18.9 Å². The van der Waals surface area contributed by atoms with E-state index in [4.69, 9.17) is 18.9 Å². The van der Waals surface area contributed by atoms with Gasteiger partial charge in [0.25, 0.3) is 0 Å². The van der Waals surface area contributed by atoms with Crippen LogP contribution >= 0.6 is 0 Å². The second-order valence-electron chi connectivity index (χ2n) is 6.07. The SMILES string of the molecule is CN=C(NCc1cccc(COC)c1)NCc1cc(OC)c(OC)c(OC)c1. The van der Waals surface area contributed by atoms with Crippen LogP contribution in [-0.2, 0) is 24.4 Å². The molecule has 0 unspecified atom stereocenters. The summed E-state index contributed by atoms with van der Waals surface area (Å²) in [6.07, 6.45) is 0. The molecule has 28 heavy (non-hydrogen) atoms. The van der Waals surface area contributed by atoms with Crippen molar-refractivity contribution in [3.8, 4) is 17.2 Å². The molecule has 0 spiro atoms. The molecular formula is C21H29N3O4. The van der Waals surface area contributed by atoms with E-state index in [0.29, 0.717) is 42.9 Å². The molecule has 0 atom stereocenters. The zero-order valence-electron chi connectivity index (χ0n) is 17.2. The molecule has 0 heterocycles. The van der Waals surface area contributed by atoms with Crippen LogP contribution in [0.25, 0.3) is 0 Å². The molecule has 7 heteroatoms. The normalized spacial score (nSPS) is 11.1. The number of guanidine groups is 1. The lowest BCUT2D eigenvalue weighted by atomic mass is 10.1. The van der Waals surface area contributed by atoms with E-state index in [9.17, 15) is 0 Å². The van der Waals surface area contributed by atoms with Gasteiger partial charge in [-0.1, -0.05) is 24.3 Å². The third-order valence-corrected chi connectivity index (χ3v) is 4.17. The van der Waals surface area contributed by atoms with Crippen molar-refractivity contribution in [2.24, 2.45) is 4.99 Å². The molecule has 152 valence electrons. The summed E-state index contributed by atoms with van der Waals surface area (Å²) >= 11 is 0. The van der Waals surface area contributed by atoms with Gasteiger partial charge in [-0.15, -0.1) is 0 Å². The van der Waals surface area contributed by atoms with Crippen molar-refractivity contribution in [1.29, 1.82) is 0 Å². The highest BCUT2D eigenvalue weighted by molar-refractivity contribution is 5.79. The lowest BCUT2D eigenvalue weighted by molar-refractivity contribution is 0.185. The summed E-state index contributed by atoms with van der Waals surface area (Å²) in [5.41, 5.74) is 3.28. The number of aliphatic imine (C=N–C) groups is 1. The standard InChI is InChI=1S/C21H29N3O4/c1-22-21(23-12-15-7-6-8-16(9-15)14-25-2)24-13-17-10-18(26-3)20(28-5)19(11-17)27-4/h6-11H,12-14H2,1-5H3,(H2,22,23,24). The van der Waals surface area contributed by atoms with E-state index >= 15 is 0 Å². The van der Waals surface area contributed by atoms with E-state index in [-0.39, 0.29) is 0 Å². The fourth-order valence-electron chi connectivity index (χ4n) is 2.83. The van der Waals surface area contributed by atoms with Crippen molar-refractivity contribution in [3.63, 3.8) is 0 Å². The Balaban J connectivity index is 1.99. The average molecular weight is 387 g/mol. The number of nitrogens with zero attached hydrogens (tertiary/aromatic N) is 1. The summed E-state index contributed by atoms with van der Waals surface area (Å²) < 4.78 is 21.3. The average Bonchev–Trinajstić information content (AvgIpc) is 2.73. The summed E-state index contributed by atoms with van der Waals surface area (Å²) in [6.45, 7) is 1.81. The van der Waals surface area contributed by atoms with Gasteiger partial charge in [0.2, 0.25) is 5.75 Å². The van der Waals surface area contributed by atoms with Crippen LogP contribution in [0.2, 0.25) is 0 Å². The third kappa shape index (κ3) is 5.79. The molecule has 0 bridgehead atoms. The van der Waals surface area contributed by atoms with Gasteiger partial charge in [0.05, 0.1) is 27.9 Å². The lowest BCUT2D eigenvalue weighted by Crippen LogP contribution is -2.36. The number of ether oxygens (including phenoxy) is 4. The summed E-state index contributed by atoms with van der Waals surface area (Å²) in [5.74, 6) is 2.52. The quantitative estimate of drug-likeness (QED) is 0.509. The fraction of sp³-hybridized carbons (Fsp3) is 0.381. The van der Waals surface area contributed by atoms with Crippen LogP contribution in [0.5, 0.6) is 17.2 Å². The molecule has 0 amide bonds. The van der Waals surface area contributed by atoms with Crippen molar-refractivity contribution in [2.45, 2.75) is 19.7 Å². The summed E-state index contributed by atoms with van der Waals surface area (Å²) in [7, 11) is 8.23. The summed E-state index contributed by atoms with van der Waals surface area (Å²) in [5, 5.41) is 6.61. The van der Waals surface area contributed by atoms with Crippen molar-refractivity contribution in [3.05, 3.63) is 53.1 Å². The molecule has 7 nitrogen and oxygen atoms in total. The third-order valence-electron chi connectivity index (χ3n) is 4.17. The molecule has 0 aliphatic heterocycles. The zero-order chi connectivity index (χ0) is 20.4. The van der Waals surface area contributed by atoms with Gasteiger partial charge in [-0.05, 0) is 28.8 Å². The maximum Gasteiger partial charge on any atom is 0.203 e. The first-order valence-corrected chi connectivity index (χ1v) is 8.95. The number of nitrogens with one attached hydrogen (secondary N) is 2. The van der Waals surface area contributed by atoms with Crippen LogP contribution in [0.1, 0.15) is 16.7 Å². The fourth-order valence-corrected chi connectivity index (χ4v) is 2.83. The molecular weight excluding hydrogens is 358 g/mol. The van der Waals surface area contributed by atoms with Gasteiger partial charge < -0.3 is 29.6 Å². The molecule has 0 saturated carbocycles. The zero-order valence-corrected chi connectivity index (χ0v) is 17.2. The van der Waals surface area contributed by atoms with E-state index in [2.05, 4.69) is 27.8 Å². The van der Waals surface area contributed by atoms with Gasteiger partial charge in [-0.2, -0.15) is 0 Å². The van der Waals surface area contributed by atoms with Crippen molar-refractivity contribution >= 4 is 5.96 Å². The predicted octanol–water partition coefficient (Wildman–Crippen LogP) is 2.72. The topological polar surface area (TPSA) is 73.3 Å². The Labute approximate surface area is 166 Å². The molecule has 2 aromatic carbocycles. The molecule has 2 aromatic rings. The maximum absolute atomic E-state index is 5.40. The van der Waals surface area contributed by atoms with Gasteiger partial charge >= 0.3 is 0 Å². The molecule has 0 saturated heterocycles. The first-order valence-electron chi connectivity index (χ1n) is 8.95. The Hall–Kier alpha value is -2.93. The Morgan fingerprint density at radius 3 is 1.96 bits per heavy atom. The highest BCUT2D eigenvalue weighted by Gasteiger charge is 2.13. The number of hydrogen-bond acceptors (Lipinski definition) is 5. The monoisotopic (exact) mass is 387 g/mol. The molecule has 0 aliphatic rings. The Kier molecular flexibility index (Phi) is 8.42. The molecule has 0 radical (unpaired) electrons. The maximum atomic E-state index is 5.40. The minimum absolute atomic E-state index is 0.556. The lowest BCUT2D eigenvalue weighted by Gasteiger charge is -2.16. The number of rotatable bonds is 9. The molecule has 0 aromatic heterocycles. The van der Waals surface area contributed by atoms with E-state index in [0.717, 1.165) is 16.7 Å². The molecule has 0 fully saturated rings. The summed E-state index contributed by atoms with van der Waals surface area (Å²) in [4.78, 5) is 4.28. The highest BCUT2D eigenvalue weighted by atomic mass is 16.5. The van der Waals surface area contributed by atoms with Gasteiger partial charge in [0.1, 0.15) is 0 Å². The largest absolute Gasteiger partial charge is 0.493 e. The predicted molar refractivity (Wildman–Crippen MR) is 110 cm³/mol. The number of methoxy groups -OCH3 is 4. The van der Waals surface area contributed by atoms with Crippen LogP contribution in [0.3, 0.4) is 0 Å². The van der Waals surface area contributed by atoms with E-state index < -0.39 is 0 Å². The first kappa shape index (κ1) is 21.4. The van der Waals surface area contributed by atoms with Crippen molar-refractivity contribution in [1.82, 2.24) is 10.6 Å². The molecule has 2 N–H and O–H groups in total. The highest BCUT2D eigenvalue weighted by Crippen LogP contribution is 2.38. The second kappa shape index (κ2) is 11.0. The Morgan fingerprint density at radius 2 is 1.43 bits per heavy atom. The second-order valence-corrected chi connectivity index (χ2v) is 6.07. The molecule has 2 rings (SSSR count). The van der Waals surface area contributed by atoms with Crippen LogP contribution < -0.4 is 24.8 Å². The van der Waals surface area contributed by atoms with Crippen LogP contribution in [0.4, 0.5) is 0 Å². The van der Waals surface area contributed by atoms with Gasteiger partial charge in [-0.25, -0.2) is 0 Å². The number of benzene rings is 2. The Bertz CT molecular complexity index is 768. The van der Waals surface area contributed by atoms with Gasteiger partial charge in [-0.3, -0.25) is 4.99 Å². The smallest absolute Gasteiger partial charge is 0.203 e. The van der Waals surface area contributed by atoms with E-state index in [1.165, 1.54) is 0 Å². The van der Waals surface area contributed by atoms with Crippen molar-refractivity contribution in [2.75, 3.05) is 35.5 Å². The molecule has 0 aliphatic carbocycles. The minimum Gasteiger partial charge on any atom is -0.493 e. The van der Waals surface area contributed by atoms with Gasteiger partial charge in [0.15, 0.2) is 17.5 Å². The van der Waals surface area contributed by atoms with E-state index in [1.807, 2.05) is 24.3 Å². The minimum atomic E-state index is 0.556. The van der Waals surface area contributed by atoms with Crippen LogP contribution in [-0.4, -0.2) is 41.4 Å².